The van der Waals surface area contributed by atoms with Crippen LogP contribution in [0.4, 0.5) is 5.82 Å². The molecule has 1 saturated heterocycles. The van der Waals surface area contributed by atoms with Crippen LogP contribution in [0.15, 0.2) is 53.7 Å². The van der Waals surface area contributed by atoms with Crippen LogP contribution in [0.3, 0.4) is 0 Å². The van der Waals surface area contributed by atoms with E-state index >= 15 is 0 Å². The first-order valence-electron chi connectivity index (χ1n) is 12.4. The van der Waals surface area contributed by atoms with Gasteiger partial charge in [-0.05, 0) is 31.9 Å². The number of nitrogens with zero attached hydrogens (tertiary/aromatic N) is 4. The summed E-state index contributed by atoms with van der Waals surface area (Å²) < 4.78 is 19.0. The molecule has 0 atom stereocenters. The highest BCUT2D eigenvalue weighted by atomic mass is 16.5. The molecule has 2 aromatic heterocycles. The number of esters is 1. The van der Waals surface area contributed by atoms with Gasteiger partial charge in [-0.2, -0.15) is 0 Å². The van der Waals surface area contributed by atoms with Crippen LogP contribution in [-0.4, -0.2) is 61.4 Å². The van der Waals surface area contributed by atoms with Crippen LogP contribution in [0.2, 0.25) is 0 Å². The summed E-state index contributed by atoms with van der Waals surface area (Å²) in [4.78, 5) is 20.2. The van der Waals surface area contributed by atoms with E-state index in [9.17, 15) is 4.79 Å². The van der Waals surface area contributed by atoms with E-state index in [1.165, 1.54) is 0 Å². The van der Waals surface area contributed by atoms with E-state index < -0.39 is 5.97 Å². The van der Waals surface area contributed by atoms with Crippen LogP contribution in [0.1, 0.15) is 48.8 Å². The summed E-state index contributed by atoms with van der Waals surface area (Å²) in [5.74, 6) is 1.20. The summed E-state index contributed by atoms with van der Waals surface area (Å²) in [7, 11) is 1.65. The zero-order valence-corrected chi connectivity index (χ0v) is 21.5. The summed E-state index contributed by atoms with van der Waals surface area (Å²) >= 11 is 0. The first kappa shape index (κ1) is 25.4. The molecule has 0 spiro atoms. The quantitative estimate of drug-likeness (QED) is 0.194. The summed E-state index contributed by atoms with van der Waals surface area (Å²) in [6.07, 6.45) is 1.51. The molecule has 3 aromatic rings. The van der Waals surface area contributed by atoms with Crippen LogP contribution in [0.25, 0.3) is 16.6 Å². The number of aliphatic imine (C=N–C) groups is 1. The van der Waals surface area contributed by atoms with Crippen molar-refractivity contribution in [2.45, 2.75) is 33.6 Å². The van der Waals surface area contributed by atoms with E-state index in [1.54, 1.807) is 20.9 Å². The Morgan fingerprint density at radius 1 is 1.17 bits per heavy atom. The van der Waals surface area contributed by atoms with E-state index in [0.717, 1.165) is 42.1 Å². The van der Waals surface area contributed by atoms with Gasteiger partial charge in [-0.1, -0.05) is 50.3 Å². The topological polar surface area (TPSA) is 77.7 Å². The normalized spacial score (nSPS) is 14.2. The second-order valence-electron chi connectivity index (χ2n) is 8.64. The fraction of sp³-hybridized carbons (Fsp3) is 0.393. The third-order valence-corrected chi connectivity index (χ3v) is 6.05. The zero-order valence-electron chi connectivity index (χ0n) is 21.5. The Kier molecular flexibility index (Phi) is 8.05. The number of aryl methyl sites for hydroxylation is 1. The van der Waals surface area contributed by atoms with Crippen molar-refractivity contribution in [2.24, 2.45) is 4.99 Å². The van der Waals surface area contributed by atoms with Gasteiger partial charge in [-0.25, -0.2) is 9.31 Å². The molecule has 190 valence electrons. The third kappa shape index (κ3) is 4.99. The van der Waals surface area contributed by atoms with E-state index in [4.69, 9.17) is 19.3 Å². The maximum absolute atomic E-state index is 13.6. The molecule has 0 radical (unpaired) electrons. The third-order valence-electron chi connectivity index (χ3n) is 6.05. The Morgan fingerprint density at radius 3 is 2.50 bits per heavy atom. The van der Waals surface area contributed by atoms with Gasteiger partial charge in [0.05, 0.1) is 42.4 Å². The van der Waals surface area contributed by atoms with Crippen molar-refractivity contribution in [1.29, 1.82) is 0 Å². The minimum atomic E-state index is -0.433. The molecule has 4 rings (SSSR count). The highest BCUT2D eigenvalue weighted by molar-refractivity contribution is 6.13. The lowest BCUT2D eigenvalue weighted by molar-refractivity contribution is 0.0528. The Balaban J connectivity index is 2.13. The first-order valence-corrected chi connectivity index (χ1v) is 12.4. The lowest BCUT2D eigenvalue weighted by atomic mass is 10.0. The van der Waals surface area contributed by atoms with Gasteiger partial charge in [0.15, 0.2) is 0 Å². The van der Waals surface area contributed by atoms with Crippen molar-refractivity contribution in [3.63, 3.8) is 0 Å². The Bertz CT molecular complexity index is 1270. The minimum Gasteiger partial charge on any atom is -0.462 e. The van der Waals surface area contributed by atoms with Crippen molar-refractivity contribution in [1.82, 2.24) is 9.61 Å². The van der Waals surface area contributed by atoms with Crippen LogP contribution in [0.5, 0.6) is 0 Å². The van der Waals surface area contributed by atoms with E-state index in [-0.39, 0.29) is 6.61 Å². The Labute approximate surface area is 212 Å². The van der Waals surface area contributed by atoms with Gasteiger partial charge in [0, 0.05) is 25.7 Å². The van der Waals surface area contributed by atoms with E-state index in [1.807, 2.05) is 34.8 Å². The monoisotopic (exact) mass is 490 g/mol. The number of hydrogen-bond donors (Lipinski definition) is 0. The Morgan fingerprint density at radius 2 is 1.89 bits per heavy atom. The van der Waals surface area contributed by atoms with Gasteiger partial charge in [-0.15, -0.1) is 5.10 Å². The van der Waals surface area contributed by atoms with Gasteiger partial charge in [0.2, 0.25) is 5.90 Å². The molecule has 0 aliphatic carbocycles. The van der Waals surface area contributed by atoms with Gasteiger partial charge in [-0.3, -0.25) is 4.99 Å². The maximum atomic E-state index is 13.6. The number of hydrogen-bond acceptors (Lipinski definition) is 7. The number of morpholine rings is 1. The van der Waals surface area contributed by atoms with Crippen LogP contribution >= 0.6 is 0 Å². The van der Waals surface area contributed by atoms with Crippen molar-refractivity contribution < 1.29 is 19.0 Å². The molecular formula is C28H34N4O4. The second-order valence-corrected chi connectivity index (χ2v) is 8.64. The lowest BCUT2D eigenvalue weighted by Gasteiger charge is -2.28. The fourth-order valence-electron chi connectivity index (χ4n) is 4.56. The summed E-state index contributed by atoms with van der Waals surface area (Å²) in [5, 5.41) is 5.07. The van der Waals surface area contributed by atoms with Crippen LogP contribution < -0.4 is 4.90 Å². The van der Waals surface area contributed by atoms with E-state index in [2.05, 4.69) is 29.5 Å². The largest absolute Gasteiger partial charge is 0.462 e. The number of fused-ring (bicyclic) bond motifs is 1. The Hall–Kier alpha value is -3.65. The molecule has 1 aliphatic heterocycles. The molecular weight excluding hydrogens is 456 g/mol. The SMILES string of the molecule is C=C(C)OC(=NC)c1c(C(=O)OCC)c2c(-c3ccccc3)cc(N3CCOCC3)nn2c1CCC. The second kappa shape index (κ2) is 11.4. The van der Waals surface area contributed by atoms with Crippen molar-refractivity contribution >= 4 is 23.2 Å². The zero-order chi connectivity index (χ0) is 25.7. The number of carbonyl (C=O) groups is 1. The number of ether oxygens (including phenoxy) is 3. The average molecular weight is 491 g/mol. The lowest BCUT2D eigenvalue weighted by Crippen LogP contribution is -2.37. The molecule has 1 aromatic carbocycles. The number of aromatic nitrogens is 2. The molecule has 1 aliphatic rings. The summed E-state index contributed by atoms with van der Waals surface area (Å²) in [6, 6.07) is 12.1. The van der Waals surface area contributed by atoms with Crippen molar-refractivity contribution in [3.8, 4) is 11.1 Å². The highest BCUT2D eigenvalue weighted by Gasteiger charge is 2.32. The van der Waals surface area contributed by atoms with Gasteiger partial charge in [0.25, 0.3) is 0 Å². The van der Waals surface area contributed by atoms with Crippen LogP contribution in [0, 0.1) is 0 Å². The summed E-state index contributed by atoms with van der Waals surface area (Å²) in [6.45, 7) is 12.6. The van der Waals surface area contributed by atoms with Gasteiger partial charge < -0.3 is 19.1 Å². The number of carbonyl (C=O) groups excluding carboxylic acids is 1. The fourth-order valence-corrected chi connectivity index (χ4v) is 4.56. The molecule has 1 fully saturated rings. The van der Waals surface area contributed by atoms with Crippen molar-refractivity contribution in [2.75, 3.05) is 44.9 Å². The highest BCUT2D eigenvalue weighted by Crippen LogP contribution is 2.36. The molecule has 0 bridgehead atoms. The molecule has 0 unspecified atom stereocenters. The maximum Gasteiger partial charge on any atom is 0.341 e. The minimum absolute atomic E-state index is 0.249. The first-order chi connectivity index (χ1) is 17.5. The number of rotatable bonds is 8. The predicted molar refractivity (Wildman–Crippen MR) is 142 cm³/mol. The van der Waals surface area contributed by atoms with Gasteiger partial charge >= 0.3 is 5.97 Å². The van der Waals surface area contributed by atoms with Crippen LogP contribution in [-0.2, 0) is 20.6 Å². The molecule has 8 heteroatoms. The van der Waals surface area contributed by atoms with Crippen molar-refractivity contribution in [3.05, 3.63) is 65.6 Å². The molecule has 3 heterocycles. The molecule has 8 nitrogen and oxygen atoms in total. The molecule has 36 heavy (non-hydrogen) atoms. The predicted octanol–water partition coefficient (Wildman–Crippen LogP) is 4.89. The molecule has 0 N–H and O–H groups in total. The number of anilines is 1. The standard InChI is InChI=1S/C28H34N4O4/c1-6-11-22-24(27(29-5)36-19(3)4)25(28(33)35-7-2)26-21(20-12-9-8-10-13-20)18-23(30-32(22)26)31-14-16-34-17-15-31/h8-10,12-13,18H,3,6-7,11,14-17H2,1-2,4-5H3. The van der Waals surface area contributed by atoms with E-state index in [0.29, 0.717) is 47.9 Å². The van der Waals surface area contributed by atoms with Gasteiger partial charge in [0.1, 0.15) is 11.4 Å². The smallest absolute Gasteiger partial charge is 0.341 e. The molecule has 0 amide bonds. The average Bonchev–Trinajstić information content (AvgIpc) is 3.22. The molecule has 0 saturated carbocycles. The number of allylic oxidation sites excluding steroid dienone is 1. The number of benzene rings is 1. The summed E-state index contributed by atoms with van der Waals surface area (Å²) in [5.41, 5.74) is 4.41.